The van der Waals surface area contributed by atoms with E-state index in [9.17, 15) is 0 Å². The van der Waals surface area contributed by atoms with Crippen molar-refractivity contribution in [2.75, 3.05) is 7.11 Å². The molecule has 23 heavy (non-hydrogen) atoms. The van der Waals surface area contributed by atoms with Gasteiger partial charge in [0.25, 0.3) is 0 Å². The molecule has 0 atom stereocenters. The zero-order valence-corrected chi connectivity index (χ0v) is 13.4. The van der Waals surface area contributed by atoms with E-state index < -0.39 is 0 Å². The van der Waals surface area contributed by atoms with Crippen molar-refractivity contribution < 1.29 is 4.74 Å². The zero-order valence-electron chi connectivity index (χ0n) is 12.7. The largest absolute Gasteiger partial charge is 0.497 e. The molecule has 0 spiro atoms. The topological polar surface area (TPSA) is 46.5 Å². The summed E-state index contributed by atoms with van der Waals surface area (Å²) in [7, 11) is 1.64. The van der Waals surface area contributed by atoms with Gasteiger partial charge in [-0.3, -0.25) is 0 Å². The Labute approximate surface area is 139 Å². The van der Waals surface area contributed by atoms with E-state index in [1.165, 1.54) is 0 Å². The monoisotopic (exact) mass is 325 g/mol. The fraction of sp³-hybridized carbons (Fsp3) is 0.111. The Morgan fingerprint density at radius 2 is 2.00 bits per heavy atom. The lowest BCUT2D eigenvalue weighted by Gasteiger charge is -2.05. The van der Waals surface area contributed by atoms with Crippen LogP contribution in [0.5, 0.6) is 5.75 Å². The molecule has 0 radical (unpaired) electrons. The lowest BCUT2D eigenvalue weighted by atomic mass is 10.1. The fourth-order valence-electron chi connectivity index (χ4n) is 2.21. The number of methoxy groups -OCH3 is 1. The Kier molecular flexibility index (Phi) is 4.74. The molecular formula is C18H16ClN3O. The number of pyridine rings is 1. The summed E-state index contributed by atoms with van der Waals surface area (Å²) in [6.45, 7) is 0.657. The first kappa shape index (κ1) is 15.3. The highest BCUT2D eigenvalue weighted by atomic mass is 35.5. The Balaban J connectivity index is 1.76. The van der Waals surface area contributed by atoms with Gasteiger partial charge in [0.1, 0.15) is 10.9 Å². The van der Waals surface area contributed by atoms with E-state index in [0.717, 1.165) is 27.8 Å². The van der Waals surface area contributed by atoms with Crippen LogP contribution in [0.2, 0.25) is 5.15 Å². The molecule has 5 heteroatoms. The number of hydrogen-bond donors (Lipinski definition) is 1. The number of hydrazone groups is 1. The first-order valence-corrected chi connectivity index (χ1v) is 7.58. The number of benzene rings is 2. The first-order valence-electron chi connectivity index (χ1n) is 7.20. The van der Waals surface area contributed by atoms with Crippen LogP contribution in [-0.2, 0) is 6.54 Å². The van der Waals surface area contributed by atoms with E-state index >= 15 is 0 Å². The van der Waals surface area contributed by atoms with Crippen molar-refractivity contribution in [1.29, 1.82) is 0 Å². The molecule has 0 aliphatic carbocycles. The minimum Gasteiger partial charge on any atom is -0.497 e. The number of aromatic nitrogens is 1. The SMILES string of the molecule is COc1ccc2nc(Cl)c(/C=N\NCc3ccccc3)cc2c1. The predicted octanol–water partition coefficient (Wildman–Crippen LogP) is 4.02. The molecular weight excluding hydrogens is 310 g/mol. The minimum absolute atomic E-state index is 0.424. The Bertz CT molecular complexity index is 834. The van der Waals surface area contributed by atoms with Crippen LogP contribution in [0.25, 0.3) is 10.9 Å². The summed E-state index contributed by atoms with van der Waals surface area (Å²) in [6.07, 6.45) is 1.68. The van der Waals surface area contributed by atoms with Crippen molar-refractivity contribution in [3.05, 3.63) is 70.9 Å². The second kappa shape index (κ2) is 7.11. The van der Waals surface area contributed by atoms with Gasteiger partial charge < -0.3 is 10.2 Å². The lowest BCUT2D eigenvalue weighted by Crippen LogP contribution is -2.05. The number of fused-ring (bicyclic) bond motifs is 1. The van der Waals surface area contributed by atoms with Crippen LogP contribution in [-0.4, -0.2) is 18.3 Å². The quantitative estimate of drug-likeness (QED) is 0.438. The molecule has 116 valence electrons. The summed E-state index contributed by atoms with van der Waals surface area (Å²) in [5.41, 5.74) is 5.75. The average molecular weight is 326 g/mol. The summed E-state index contributed by atoms with van der Waals surface area (Å²) in [4.78, 5) is 4.38. The zero-order chi connectivity index (χ0) is 16.1. The lowest BCUT2D eigenvalue weighted by molar-refractivity contribution is 0.415. The van der Waals surface area contributed by atoms with E-state index in [2.05, 4.69) is 15.5 Å². The predicted molar refractivity (Wildman–Crippen MR) is 94.2 cm³/mol. The van der Waals surface area contributed by atoms with E-state index in [1.54, 1.807) is 13.3 Å². The van der Waals surface area contributed by atoms with Crippen LogP contribution in [0, 0.1) is 0 Å². The molecule has 1 aromatic heterocycles. The van der Waals surface area contributed by atoms with Gasteiger partial charge in [-0.1, -0.05) is 41.9 Å². The van der Waals surface area contributed by atoms with Crippen molar-refractivity contribution in [2.45, 2.75) is 6.54 Å². The number of hydrogen-bond acceptors (Lipinski definition) is 4. The van der Waals surface area contributed by atoms with Gasteiger partial charge >= 0.3 is 0 Å². The van der Waals surface area contributed by atoms with Crippen LogP contribution in [0.1, 0.15) is 11.1 Å². The standard InChI is InChI=1S/C18H16ClN3O/c1-23-16-7-8-17-14(10-16)9-15(18(19)22-17)12-21-20-11-13-5-3-2-4-6-13/h2-10,12,20H,11H2,1H3/b21-12-. The van der Waals surface area contributed by atoms with Gasteiger partial charge in [0.05, 0.1) is 25.4 Å². The van der Waals surface area contributed by atoms with E-state index in [4.69, 9.17) is 16.3 Å². The van der Waals surface area contributed by atoms with Gasteiger partial charge in [0.2, 0.25) is 0 Å². The first-order chi connectivity index (χ1) is 11.3. The molecule has 0 saturated heterocycles. The van der Waals surface area contributed by atoms with Gasteiger partial charge in [-0.05, 0) is 29.8 Å². The van der Waals surface area contributed by atoms with Crippen LogP contribution in [0.15, 0.2) is 59.7 Å². The summed E-state index contributed by atoms with van der Waals surface area (Å²) in [6, 6.07) is 17.7. The molecule has 0 unspecified atom stereocenters. The summed E-state index contributed by atoms with van der Waals surface area (Å²) >= 11 is 6.21. The molecule has 0 aliphatic heterocycles. The van der Waals surface area contributed by atoms with Crippen LogP contribution >= 0.6 is 11.6 Å². The number of halogens is 1. The van der Waals surface area contributed by atoms with Gasteiger partial charge in [-0.25, -0.2) is 4.98 Å². The van der Waals surface area contributed by atoms with Gasteiger partial charge in [0.15, 0.2) is 0 Å². The van der Waals surface area contributed by atoms with Crippen LogP contribution in [0.3, 0.4) is 0 Å². The molecule has 3 aromatic rings. The van der Waals surface area contributed by atoms with Crippen LogP contribution in [0.4, 0.5) is 0 Å². The molecule has 1 heterocycles. The fourth-order valence-corrected chi connectivity index (χ4v) is 2.41. The molecule has 0 fully saturated rings. The highest BCUT2D eigenvalue weighted by Crippen LogP contribution is 2.23. The molecule has 3 rings (SSSR count). The summed E-state index contributed by atoms with van der Waals surface area (Å²) in [5, 5.41) is 5.60. The summed E-state index contributed by atoms with van der Waals surface area (Å²) < 4.78 is 5.23. The van der Waals surface area contributed by atoms with Crippen molar-refractivity contribution in [3.63, 3.8) is 0 Å². The minimum atomic E-state index is 0.424. The third-order valence-corrected chi connectivity index (χ3v) is 3.73. The average Bonchev–Trinajstić information content (AvgIpc) is 2.59. The molecule has 2 aromatic carbocycles. The van der Waals surface area contributed by atoms with E-state index in [1.807, 2.05) is 54.6 Å². The van der Waals surface area contributed by atoms with Gasteiger partial charge in [0, 0.05) is 10.9 Å². The maximum atomic E-state index is 6.21. The Morgan fingerprint density at radius 1 is 1.17 bits per heavy atom. The van der Waals surface area contributed by atoms with Crippen molar-refractivity contribution in [2.24, 2.45) is 5.10 Å². The molecule has 0 amide bonds. The van der Waals surface area contributed by atoms with Crippen molar-refractivity contribution in [1.82, 2.24) is 10.4 Å². The third-order valence-electron chi connectivity index (χ3n) is 3.42. The highest BCUT2D eigenvalue weighted by Gasteiger charge is 2.04. The third kappa shape index (κ3) is 3.79. The van der Waals surface area contributed by atoms with Gasteiger partial charge in [-0.2, -0.15) is 5.10 Å². The Morgan fingerprint density at radius 3 is 2.78 bits per heavy atom. The molecule has 0 saturated carbocycles. The summed E-state index contributed by atoms with van der Waals surface area (Å²) in [5.74, 6) is 0.784. The second-order valence-electron chi connectivity index (χ2n) is 5.01. The Hall–Kier alpha value is -2.59. The second-order valence-corrected chi connectivity index (χ2v) is 5.36. The van der Waals surface area contributed by atoms with Gasteiger partial charge in [-0.15, -0.1) is 0 Å². The molecule has 0 aliphatic rings. The van der Waals surface area contributed by atoms with Crippen molar-refractivity contribution >= 4 is 28.7 Å². The maximum absolute atomic E-state index is 6.21. The highest BCUT2D eigenvalue weighted by molar-refractivity contribution is 6.32. The molecule has 0 bridgehead atoms. The smallest absolute Gasteiger partial charge is 0.138 e. The maximum Gasteiger partial charge on any atom is 0.138 e. The van der Waals surface area contributed by atoms with E-state index in [0.29, 0.717) is 11.7 Å². The number of rotatable bonds is 5. The van der Waals surface area contributed by atoms with Crippen molar-refractivity contribution in [3.8, 4) is 5.75 Å². The molecule has 1 N–H and O–H groups in total. The van der Waals surface area contributed by atoms with E-state index in [-0.39, 0.29) is 0 Å². The number of nitrogens with one attached hydrogen (secondary N) is 1. The number of ether oxygens (including phenoxy) is 1. The van der Waals surface area contributed by atoms with Crippen LogP contribution < -0.4 is 10.2 Å². The number of nitrogens with zero attached hydrogens (tertiary/aromatic N) is 2. The normalized spacial score (nSPS) is 11.0. The molecule has 4 nitrogen and oxygen atoms in total.